The van der Waals surface area contributed by atoms with Crippen LogP contribution in [0.25, 0.3) is 19.5 Å². The molecule has 3 aromatic rings. The molecule has 1 nitrogen and oxygen atoms in total. The van der Waals surface area contributed by atoms with Crippen LogP contribution in [-0.4, -0.2) is 6.29 Å². The monoisotopic (exact) mass is 606 g/mol. The summed E-state index contributed by atoms with van der Waals surface area (Å²) in [6.07, 6.45) is 19.1. The van der Waals surface area contributed by atoms with E-state index in [9.17, 15) is 4.79 Å². The van der Waals surface area contributed by atoms with Gasteiger partial charge in [0.15, 0.2) is 6.29 Å². The maximum Gasteiger partial charge on any atom is 0.160 e. The van der Waals surface area contributed by atoms with E-state index in [1.165, 1.54) is 118 Å². The number of thiophene rings is 3. The highest BCUT2D eigenvalue weighted by atomic mass is 79.9. The normalized spacial score (nSPS) is 12.3. The molecule has 0 spiro atoms. The first-order valence-corrected chi connectivity index (χ1v) is 17.3. The summed E-state index contributed by atoms with van der Waals surface area (Å²) in [6.45, 7) is 6.89. The summed E-state index contributed by atoms with van der Waals surface area (Å²) < 4.78 is 1.23. The molecule has 0 saturated heterocycles. The average molecular weight is 608 g/mol. The Kier molecular flexibility index (Phi) is 13.5. The topological polar surface area (TPSA) is 17.1 Å². The van der Waals surface area contributed by atoms with Crippen molar-refractivity contribution < 1.29 is 4.79 Å². The van der Waals surface area contributed by atoms with Gasteiger partial charge in [0.2, 0.25) is 0 Å². The van der Waals surface area contributed by atoms with E-state index < -0.39 is 0 Å². The summed E-state index contributed by atoms with van der Waals surface area (Å²) in [5.41, 5.74) is 2.88. The summed E-state index contributed by atoms with van der Waals surface area (Å²) in [5, 5.41) is 0. The molecule has 0 radical (unpaired) electrons. The highest BCUT2D eigenvalue weighted by Gasteiger charge is 2.20. The number of aldehydes is 1. The maximum absolute atomic E-state index is 11.6. The lowest BCUT2D eigenvalue weighted by Crippen LogP contribution is -1.97. The van der Waals surface area contributed by atoms with Crippen LogP contribution in [-0.2, 0) is 6.42 Å². The van der Waals surface area contributed by atoms with Crippen LogP contribution < -0.4 is 0 Å². The summed E-state index contributed by atoms with van der Waals surface area (Å²) in [7, 11) is 0. The second-order valence-corrected chi connectivity index (χ2v) is 14.5. The molecule has 0 amide bonds. The molecule has 3 heterocycles. The smallest absolute Gasteiger partial charge is 0.160 e. The third-order valence-electron chi connectivity index (χ3n) is 7.12. The molecule has 3 rings (SSSR count). The zero-order valence-electron chi connectivity index (χ0n) is 22.4. The summed E-state index contributed by atoms with van der Waals surface area (Å²) >= 11 is 9.24. The van der Waals surface area contributed by atoms with Gasteiger partial charge in [-0.1, -0.05) is 85.0 Å². The third kappa shape index (κ3) is 8.64. The summed E-state index contributed by atoms with van der Waals surface area (Å²) in [4.78, 5) is 17.9. The van der Waals surface area contributed by atoms with Crippen molar-refractivity contribution in [1.29, 1.82) is 0 Å². The molecule has 36 heavy (non-hydrogen) atoms. The Balaban J connectivity index is 1.75. The number of unbranched alkanes of at least 4 members (excludes halogenated alkanes) is 9. The van der Waals surface area contributed by atoms with E-state index in [0.29, 0.717) is 5.92 Å². The fourth-order valence-electron chi connectivity index (χ4n) is 5.02. The predicted octanol–water partition coefficient (Wildman–Crippen LogP) is 12.5. The molecule has 198 valence electrons. The minimum Gasteiger partial charge on any atom is -0.297 e. The Bertz CT molecular complexity index is 1040. The number of hydrogen-bond donors (Lipinski definition) is 0. The second kappa shape index (κ2) is 16.3. The van der Waals surface area contributed by atoms with Crippen molar-refractivity contribution in [3.8, 4) is 19.5 Å². The number of carbonyl (C=O) groups is 1. The van der Waals surface area contributed by atoms with Gasteiger partial charge in [-0.25, -0.2) is 0 Å². The van der Waals surface area contributed by atoms with Gasteiger partial charge in [-0.2, -0.15) is 0 Å². The van der Waals surface area contributed by atoms with Gasteiger partial charge in [-0.15, -0.1) is 34.0 Å². The zero-order chi connectivity index (χ0) is 25.8. The molecular formula is C31H43BrOS3. The third-order valence-corrected chi connectivity index (χ3v) is 11.3. The fraction of sp³-hybridized carbons (Fsp3) is 0.581. The minimum absolute atomic E-state index is 0.626. The van der Waals surface area contributed by atoms with Crippen molar-refractivity contribution in [2.75, 3.05) is 0 Å². The standard InChI is InChI=1S/C31H43BrOS3/c1-4-7-9-11-13-15-17-24-20-25(22-33)34-30(24)27-18-19-28(35-27)31-26(21-29(32)36-31)23(6-3)16-14-12-10-8-5-2/h18-23H,4-17H2,1-3H3. The molecule has 0 aliphatic rings. The van der Waals surface area contributed by atoms with Crippen molar-refractivity contribution in [3.63, 3.8) is 0 Å². The van der Waals surface area contributed by atoms with Gasteiger partial charge in [0, 0.05) is 19.5 Å². The molecule has 0 saturated carbocycles. The van der Waals surface area contributed by atoms with Crippen LogP contribution in [0.3, 0.4) is 0 Å². The maximum atomic E-state index is 11.6. The van der Waals surface area contributed by atoms with Gasteiger partial charge in [0.25, 0.3) is 0 Å². The van der Waals surface area contributed by atoms with Gasteiger partial charge in [-0.05, 0) is 82.9 Å². The molecule has 1 atom stereocenters. The van der Waals surface area contributed by atoms with Crippen LogP contribution in [0.4, 0.5) is 0 Å². The Morgan fingerprint density at radius 3 is 2.08 bits per heavy atom. The Hall–Kier alpha value is -0.750. The van der Waals surface area contributed by atoms with Crippen LogP contribution >= 0.6 is 49.9 Å². The van der Waals surface area contributed by atoms with Gasteiger partial charge in [0.05, 0.1) is 8.66 Å². The Labute approximate surface area is 239 Å². The molecule has 0 aliphatic heterocycles. The molecule has 0 aliphatic carbocycles. The largest absolute Gasteiger partial charge is 0.297 e. The lowest BCUT2D eigenvalue weighted by Gasteiger charge is -2.15. The van der Waals surface area contributed by atoms with Gasteiger partial charge in [0.1, 0.15) is 0 Å². The van der Waals surface area contributed by atoms with Crippen molar-refractivity contribution >= 4 is 56.2 Å². The predicted molar refractivity (Wildman–Crippen MR) is 168 cm³/mol. The van der Waals surface area contributed by atoms with Crippen molar-refractivity contribution in [2.45, 2.75) is 117 Å². The lowest BCUT2D eigenvalue weighted by atomic mass is 9.91. The lowest BCUT2D eigenvalue weighted by molar-refractivity contribution is 0.112. The molecule has 5 heteroatoms. The van der Waals surface area contributed by atoms with Gasteiger partial charge < -0.3 is 0 Å². The first-order chi connectivity index (χ1) is 17.6. The van der Waals surface area contributed by atoms with Crippen LogP contribution in [0.2, 0.25) is 0 Å². The van der Waals surface area contributed by atoms with E-state index >= 15 is 0 Å². The molecule has 0 bridgehead atoms. The average Bonchev–Trinajstić information content (AvgIpc) is 3.61. The van der Waals surface area contributed by atoms with Crippen molar-refractivity contribution in [1.82, 2.24) is 0 Å². The van der Waals surface area contributed by atoms with Crippen LogP contribution in [0.5, 0.6) is 0 Å². The van der Waals surface area contributed by atoms with Gasteiger partial charge >= 0.3 is 0 Å². The summed E-state index contributed by atoms with van der Waals surface area (Å²) in [5.74, 6) is 0.626. The number of carbonyl (C=O) groups excluding carboxylic acids is 1. The zero-order valence-corrected chi connectivity index (χ0v) is 26.4. The van der Waals surface area contributed by atoms with Crippen molar-refractivity contribution in [2.24, 2.45) is 0 Å². The second-order valence-electron chi connectivity index (χ2n) is 9.95. The number of rotatable bonds is 18. The first kappa shape index (κ1) is 29.8. The number of halogens is 1. The van der Waals surface area contributed by atoms with E-state index in [4.69, 9.17) is 0 Å². The van der Waals surface area contributed by atoms with E-state index in [-0.39, 0.29) is 0 Å². The van der Waals surface area contributed by atoms with E-state index in [1.807, 2.05) is 22.7 Å². The first-order valence-electron chi connectivity index (χ1n) is 14.1. The van der Waals surface area contributed by atoms with Crippen LogP contribution in [0.1, 0.15) is 131 Å². The molecule has 0 fully saturated rings. The SMILES string of the molecule is CCCCCCCCc1cc(C=O)sc1-c1ccc(-c2sc(Br)cc2C(CC)CCCCCCC)s1. The Morgan fingerprint density at radius 2 is 1.42 bits per heavy atom. The molecular weight excluding hydrogens is 564 g/mol. The number of hydrogen-bond acceptors (Lipinski definition) is 4. The highest BCUT2D eigenvalue weighted by Crippen LogP contribution is 2.47. The minimum atomic E-state index is 0.626. The van der Waals surface area contributed by atoms with E-state index in [1.54, 1.807) is 11.3 Å². The van der Waals surface area contributed by atoms with Crippen molar-refractivity contribution in [3.05, 3.63) is 44.1 Å². The molecule has 3 aromatic heterocycles. The van der Waals surface area contributed by atoms with E-state index in [2.05, 4.69) is 61.0 Å². The Morgan fingerprint density at radius 1 is 0.778 bits per heavy atom. The highest BCUT2D eigenvalue weighted by molar-refractivity contribution is 9.11. The van der Waals surface area contributed by atoms with Crippen LogP contribution in [0.15, 0.2) is 28.1 Å². The molecule has 0 N–H and O–H groups in total. The fourth-order valence-corrected chi connectivity index (χ4v) is 9.04. The molecule has 1 unspecified atom stereocenters. The van der Waals surface area contributed by atoms with E-state index in [0.717, 1.165) is 17.6 Å². The summed E-state index contributed by atoms with van der Waals surface area (Å²) in [6, 6.07) is 9.11. The quantitative estimate of drug-likeness (QED) is 0.104. The number of aryl methyl sites for hydroxylation is 1. The molecule has 0 aromatic carbocycles. The van der Waals surface area contributed by atoms with Crippen LogP contribution in [0, 0.1) is 0 Å². The van der Waals surface area contributed by atoms with Gasteiger partial charge in [-0.3, -0.25) is 4.79 Å².